The third kappa shape index (κ3) is 26.4. The molecule has 0 atom stereocenters. The molecule has 0 aliphatic carbocycles. The van der Waals surface area contributed by atoms with Crippen molar-refractivity contribution in [1.29, 1.82) is 0 Å². The standard InChI is InChI=1S/C33H52N2O2Si.C17H34N2O2/c1-5-6-20-27-34-32(36)35-28-21-12-10-8-7-9-11-13-22-29-37-38(33(2,3)4,30-23-16-14-17-24-30)31-25-18-15-19-26-31;1-2-3-11-14-18-17(21)19-15-12-9-7-5-4-6-8-10-13-16-20/h7-8,14-19,23-26H,5-6,9-13,20-22,27-29H2,1-4H3,(H2,34,35,36);4-5,20H,2-3,6-16H2,1H3,(H2,18,19,21)/b8-7-;5-4-. The molecule has 0 aliphatic rings. The summed E-state index contributed by atoms with van der Waals surface area (Å²) in [4.78, 5) is 23.1. The van der Waals surface area contributed by atoms with Crippen LogP contribution in [0.2, 0.25) is 5.04 Å². The zero-order chi connectivity index (χ0) is 43.1. The number of rotatable bonds is 32. The fourth-order valence-corrected chi connectivity index (χ4v) is 11.6. The van der Waals surface area contributed by atoms with Gasteiger partial charge in [-0.2, -0.15) is 0 Å². The zero-order valence-electron chi connectivity index (χ0n) is 38.1. The van der Waals surface area contributed by atoms with E-state index >= 15 is 0 Å². The first-order valence-corrected chi connectivity index (χ1v) is 25.3. The number of hydrogen-bond acceptors (Lipinski definition) is 4. The van der Waals surface area contributed by atoms with Gasteiger partial charge in [-0.05, 0) is 105 Å². The normalized spacial score (nSPS) is 11.7. The predicted octanol–water partition coefficient (Wildman–Crippen LogP) is 11.1. The lowest BCUT2D eigenvalue weighted by atomic mass is 10.1. The van der Waals surface area contributed by atoms with Crippen LogP contribution in [-0.4, -0.2) is 64.9 Å². The smallest absolute Gasteiger partial charge is 0.314 e. The van der Waals surface area contributed by atoms with Crippen molar-refractivity contribution in [2.24, 2.45) is 0 Å². The fourth-order valence-electron chi connectivity index (χ4n) is 7.01. The topological polar surface area (TPSA) is 112 Å². The van der Waals surface area contributed by atoms with Gasteiger partial charge in [0.15, 0.2) is 0 Å². The molecule has 0 bridgehead atoms. The number of urea groups is 2. The molecule has 0 aromatic heterocycles. The Kier molecular flexibility index (Phi) is 33.1. The SMILES string of the molecule is CCCCCNC(=O)NCCCC/C=C\CCCCCO.CCCCCNC(=O)NCCCC/C=C\CCCCCO[Si](c1ccccc1)(c1ccccc1)C(C)(C)C. The van der Waals surface area contributed by atoms with Crippen LogP contribution in [-0.2, 0) is 4.43 Å². The number of allylic oxidation sites excluding steroid dienone is 4. The van der Waals surface area contributed by atoms with Gasteiger partial charge >= 0.3 is 12.1 Å². The number of amides is 4. The largest absolute Gasteiger partial charge is 0.407 e. The molecule has 2 rings (SSSR count). The van der Waals surface area contributed by atoms with E-state index in [1.165, 1.54) is 48.9 Å². The van der Waals surface area contributed by atoms with Gasteiger partial charge < -0.3 is 30.8 Å². The Morgan fingerprint density at radius 2 is 0.881 bits per heavy atom. The quantitative estimate of drug-likeness (QED) is 0.0287. The predicted molar refractivity (Wildman–Crippen MR) is 255 cm³/mol. The van der Waals surface area contributed by atoms with Gasteiger partial charge in [0.05, 0.1) is 0 Å². The Morgan fingerprint density at radius 1 is 0.525 bits per heavy atom. The number of benzene rings is 2. The van der Waals surface area contributed by atoms with Gasteiger partial charge in [0.2, 0.25) is 0 Å². The molecule has 0 spiro atoms. The van der Waals surface area contributed by atoms with Crippen LogP contribution in [0, 0.1) is 0 Å². The summed E-state index contributed by atoms with van der Waals surface area (Å²) in [6.45, 7) is 15.5. The zero-order valence-corrected chi connectivity index (χ0v) is 39.1. The number of hydrogen-bond donors (Lipinski definition) is 5. The Morgan fingerprint density at radius 3 is 1.24 bits per heavy atom. The first-order valence-electron chi connectivity index (χ1n) is 23.4. The second-order valence-corrected chi connectivity index (χ2v) is 21.0. The van der Waals surface area contributed by atoms with Crippen LogP contribution in [0.25, 0.3) is 0 Å². The minimum Gasteiger partial charge on any atom is -0.407 e. The lowest BCUT2D eigenvalue weighted by Crippen LogP contribution is -2.66. The lowest BCUT2D eigenvalue weighted by Gasteiger charge is -2.43. The maximum atomic E-state index is 11.7. The van der Waals surface area contributed by atoms with Crippen LogP contribution in [0.3, 0.4) is 0 Å². The Labute approximate surface area is 362 Å². The maximum absolute atomic E-state index is 11.7. The van der Waals surface area contributed by atoms with Gasteiger partial charge in [-0.3, -0.25) is 0 Å². The third-order valence-electron chi connectivity index (χ3n) is 10.4. The van der Waals surface area contributed by atoms with Gasteiger partial charge in [0.25, 0.3) is 8.32 Å². The number of carbonyl (C=O) groups excluding carboxylic acids is 2. The van der Waals surface area contributed by atoms with E-state index in [4.69, 9.17) is 9.53 Å². The van der Waals surface area contributed by atoms with Crippen LogP contribution < -0.4 is 31.6 Å². The molecule has 0 saturated heterocycles. The molecular weight excluding hydrogens is 749 g/mol. The molecule has 334 valence electrons. The van der Waals surface area contributed by atoms with Crippen molar-refractivity contribution in [1.82, 2.24) is 21.3 Å². The van der Waals surface area contributed by atoms with Crippen molar-refractivity contribution in [3.05, 3.63) is 85.0 Å². The number of unbranched alkanes of at least 4 members (excludes halogenated alkanes) is 14. The molecule has 5 N–H and O–H groups in total. The molecule has 0 saturated carbocycles. The first-order chi connectivity index (χ1) is 28.7. The van der Waals surface area contributed by atoms with Crippen LogP contribution in [0.4, 0.5) is 9.59 Å². The summed E-state index contributed by atoms with van der Waals surface area (Å²) in [5.74, 6) is 0. The highest BCUT2D eigenvalue weighted by Crippen LogP contribution is 2.36. The molecule has 0 radical (unpaired) electrons. The average Bonchev–Trinajstić information content (AvgIpc) is 3.23. The van der Waals surface area contributed by atoms with Gasteiger partial charge in [-0.1, -0.05) is 158 Å². The summed E-state index contributed by atoms with van der Waals surface area (Å²) in [5, 5.41) is 23.0. The summed E-state index contributed by atoms with van der Waals surface area (Å²) < 4.78 is 6.98. The summed E-state index contributed by atoms with van der Waals surface area (Å²) in [5.41, 5.74) is 0. The van der Waals surface area contributed by atoms with Crippen molar-refractivity contribution in [2.45, 2.75) is 168 Å². The molecule has 8 nitrogen and oxygen atoms in total. The fraction of sp³-hybridized carbons (Fsp3) is 0.640. The van der Waals surface area contributed by atoms with E-state index in [1.807, 2.05) is 0 Å². The molecule has 0 aliphatic heterocycles. The van der Waals surface area contributed by atoms with E-state index in [0.717, 1.165) is 123 Å². The Bertz CT molecular complexity index is 1290. The highest BCUT2D eigenvalue weighted by molar-refractivity contribution is 6.99. The third-order valence-corrected chi connectivity index (χ3v) is 15.5. The number of carbonyl (C=O) groups is 2. The van der Waals surface area contributed by atoms with E-state index in [1.54, 1.807) is 0 Å². The molecule has 4 amide bonds. The van der Waals surface area contributed by atoms with Crippen LogP contribution in [0.5, 0.6) is 0 Å². The Balaban J connectivity index is 0.000000703. The highest BCUT2D eigenvalue weighted by atomic mass is 28.4. The molecule has 59 heavy (non-hydrogen) atoms. The van der Waals surface area contributed by atoms with Crippen molar-refractivity contribution in [2.75, 3.05) is 39.4 Å². The molecule has 2 aromatic carbocycles. The number of aliphatic hydroxyl groups excluding tert-OH is 1. The monoisotopic (exact) mass is 835 g/mol. The lowest BCUT2D eigenvalue weighted by molar-refractivity contribution is 0.239. The summed E-state index contributed by atoms with van der Waals surface area (Å²) in [7, 11) is -2.41. The molecular formula is C50H86N4O4Si. The second-order valence-electron chi connectivity index (χ2n) is 16.6. The van der Waals surface area contributed by atoms with Crippen molar-refractivity contribution < 1.29 is 19.1 Å². The summed E-state index contributed by atoms with van der Waals surface area (Å²) in [6.07, 6.45) is 31.2. The van der Waals surface area contributed by atoms with E-state index in [9.17, 15) is 9.59 Å². The molecule has 0 unspecified atom stereocenters. The molecule has 0 fully saturated rings. The van der Waals surface area contributed by atoms with Gasteiger partial charge in [-0.15, -0.1) is 0 Å². The minimum absolute atomic E-state index is 0.0319. The van der Waals surface area contributed by atoms with Gasteiger partial charge in [-0.25, -0.2) is 9.59 Å². The van der Waals surface area contributed by atoms with Gasteiger partial charge in [0.1, 0.15) is 0 Å². The van der Waals surface area contributed by atoms with E-state index in [2.05, 4.69) is 141 Å². The molecule has 0 heterocycles. The summed E-state index contributed by atoms with van der Waals surface area (Å²) in [6, 6.07) is 21.7. The molecule has 9 heteroatoms. The van der Waals surface area contributed by atoms with Crippen LogP contribution >= 0.6 is 0 Å². The average molecular weight is 835 g/mol. The first kappa shape index (κ1) is 53.6. The van der Waals surface area contributed by atoms with Crippen molar-refractivity contribution >= 4 is 30.8 Å². The van der Waals surface area contributed by atoms with E-state index in [-0.39, 0.29) is 17.1 Å². The van der Waals surface area contributed by atoms with E-state index in [0.29, 0.717) is 6.61 Å². The van der Waals surface area contributed by atoms with Crippen LogP contribution in [0.15, 0.2) is 85.0 Å². The maximum Gasteiger partial charge on any atom is 0.314 e. The van der Waals surface area contributed by atoms with Crippen LogP contribution in [0.1, 0.15) is 163 Å². The van der Waals surface area contributed by atoms with Crippen molar-refractivity contribution in [3.8, 4) is 0 Å². The summed E-state index contributed by atoms with van der Waals surface area (Å²) >= 11 is 0. The number of nitrogens with one attached hydrogen (secondary N) is 4. The second kappa shape index (κ2) is 36.4. The number of aliphatic hydroxyl groups is 1. The minimum atomic E-state index is -2.41. The molecule has 2 aromatic rings. The van der Waals surface area contributed by atoms with E-state index < -0.39 is 8.32 Å². The highest BCUT2D eigenvalue weighted by Gasteiger charge is 2.49. The van der Waals surface area contributed by atoms with Gasteiger partial charge in [0, 0.05) is 39.4 Å². The Hall–Kier alpha value is -3.40. The van der Waals surface area contributed by atoms with Crippen molar-refractivity contribution in [3.63, 3.8) is 0 Å².